The summed E-state index contributed by atoms with van der Waals surface area (Å²) < 4.78 is 1.98. The van der Waals surface area contributed by atoms with Crippen LogP contribution in [0.15, 0.2) is 65.6 Å². The van der Waals surface area contributed by atoms with Crippen molar-refractivity contribution in [3.05, 3.63) is 77.4 Å². The van der Waals surface area contributed by atoms with Crippen LogP contribution >= 0.6 is 11.8 Å². The molecule has 0 atom stereocenters. The highest BCUT2D eigenvalue weighted by molar-refractivity contribution is 7.98. The van der Waals surface area contributed by atoms with Crippen molar-refractivity contribution in [1.29, 1.82) is 5.26 Å². The fourth-order valence-electron chi connectivity index (χ4n) is 4.51. The molecule has 0 saturated carbocycles. The number of fused-ring (bicyclic) bond motifs is 3. The van der Waals surface area contributed by atoms with Crippen LogP contribution in [0.25, 0.3) is 27.8 Å². The molecule has 3 aromatic carbocycles. The van der Waals surface area contributed by atoms with Crippen LogP contribution in [-0.4, -0.2) is 16.0 Å². The lowest BCUT2D eigenvalue weighted by atomic mass is 9.86. The molecule has 0 aliphatic heterocycles. The molecule has 0 spiro atoms. The van der Waals surface area contributed by atoms with E-state index in [-0.39, 0.29) is 0 Å². The minimum atomic E-state index is 0.756. The van der Waals surface area contributed by atoms with Gasteiger partial charge in [0, 0.05) is 15.8 Å². The fraction of sp³-hybridized carbons (Fsp3) is 0.200. The van der Waals surface area contributed by atoms with E-state index in [1.54, 1.807) is 11.8 Å². The molecule has 0 radical (unpaired) electrons. The van der Waals surface area contributed by atoms with Crippen LogP contribution in [-0.2, 0) is 12.8 Å². The topological polar surface area (TPSA) is 41.6 Å². The lowest BCUT2D eigenvalue weighted by molar-refractivity contribution is 0.680. The summed E-state index contributed by atoms with van der Waals surface area (Å²) >= 11 is 1.69. The van der Waals surface area contributed by atoms with E-state index in [1.807, 2.05) is 28.9 Å². The lowest BCUT2D eigenvalue weighted by Crippen LogP contribution is -2.08. The Labute approximate surface area is 175 Å². The van der Waals surface area contributed by atoms with Gasteiger partial charge in [-0.1, -0.05) is 48.5 Å². The number of hydrogen-bond acceptors (Lipinski definition) is 3. The van der Waals surface area contributed by atoms with E-state index in [9.17, 15) is 5.26 Å². The number of nitriles is 1. The van der Waals surface area contributed by atoms with E-state index in [1.165, 1.54) is 24.0 Å². The van der Waals surface area contributed by atoms with Crippen molar-refractivity contribution in [2.24, 2.45) is 0 Å². The van der Waals surface area contributed by atoms with Gasteiger partial charge in [0.1, 0.15) is 11.8 Å². The van der Waals surface area contributed by atoms with Gasteiger partial charge in [-0.2, -0.15) is 10.4 Å². The van der Waals surface area contributed by atoms with E-state index in [0.717, 1.165) is 51.1 Å². The molecule has 142 valence electrons. The maximum absolute atomic E-state index is 10.2. The molecule has 0 fully saturated rings. The largest absolute Gasteiger partial charge is 0.231 e. The average molecular weight is 396 g/mol. The zero-order valence-corrected chi connectivity index (χ0v) is 17.2. The van der Waals surface area contributed by atoms with Gasteiger partial charge in [0.05, 0.1) is 16.8 Å². The minimum Gasteiger partial charge on any atom is -0.231 e. The molecular formula is C25H21N3S. The van der Waals surface area contributed by atoms with Crippen LogP contribution in [0.1, 0.15) is 29.5 Å². The van der Waals surface area contributed by atoms with Gasteiger partial charge >= 0.3 is 0 Å². The quantitative estimate of drug-likeness (QED) is 0.390. The zero-order chi connectivity index (χ0) is 19.8. The first kappa shape index (κ1) is 18.0. The molecule has 0 unspecified atom stereocenters. The molecule has 1 heterocycles. The van der Waals surface area contributed by atoms with Gasteiger partial charge in [0.2, 0.25) is 0 Å². The maximum atomic E-state index is 10.2. The molecule has 5 rings (SSSR count). The van der Waals surface area contributed by atoms with Gasteiger partial charge in [0.25, 0.3) is 0 Å². The number of thioether (sulfide) groups is 1. The van der Waals surface area contributed by atoms with Gasteiger partial charge in [-0.15, -0.1) is 11.8 Å². The van der Waals surface area contributed by atoms with Crippen LogP contribution in [0.4, 0.5) is 0 Å². The number of aromatic nitrogens is 2. The molecule has 1 aromatic heterocycles. The summed E-state index contributed by atoms with van der Waals surface area (Å²) in [5, 5.41) is 16.4. The Hall–Kier alpha value is -3.03. The van der Waals surface area contributed by atoms with Crippen LogP contribution in [0.2, 0.25) is 0 Å². The summed E-state index contributed by atoms with van der Waals surface area (Å²) in [4.78, 5) is 1.13. The summed E-state index contributed by atoms with van der Waals surface area (Å²) in [6, 6.07) is 23.0. The molecule has 0 amide bonds. The first-order chi connectivity index (χ1) is 14.3. The highest BCUT2D eigenvalue weighted by Crippen LogP contribution is 2.43. The van der Waals surface area contributed by atoms with Crippen molar-refractivity contribution >= 4 is 22.7 Å². The van der Waals surface area contributed by atoms with Crippen LogP contribution in [0.3, 0.4) is 0 Å². The smallest absolute Gasteiger partial charge is 0.103 e. The monoisotopic (exact) mass is 395 g/mol. The van der Waals surface area contributed by atoms with E-state index < -0.39 is 0 Å². The number of rotatable bonds is 3. The van der Waals surface area contributed by atoms with Gasteiger partial charge in [-0.05, 0) is 55.2 Å². The number of para-hydroxylation sites is 1. The lowest BCUT2D eigenvalue weighted by Gasteiger charge is -2.22. The summed E-state index contributed by atoms with van der Waals surface area (Å²) in [6.07, 6.45) is 6.54. The summed E-state index contributed by atoms with van der Waals surface area (Å²) in [5.41, 5.74) is 7.51. The van der Waals surface area contributed by atoms with Crippen molar-refractivity contribution in [3.8, 4) is 23.0 Å². The van der Waals surface area contributed by atoms with Crippen molar-refractivity contribution in [2.45, 2.75) is 30.6 Å². The molecule has 4 aromatic rings. The summed E-state index contributed by atoms with van der Waals surface area (Å²) in [7, 11) is 0. The second-order valence-corrected chi connectivity index (χ2v) is 8.19. The predicted octanol–water partition coefficient (Wildman–Crippen LogP) is 6.16. The fourth-order valence-corrected chi connectivity index (χ4v) is 5.33. The van der Waals surface area contributed by atoms with Gasteiger partial charge in [0.15, 0.2) is 0 Å². The first-order valence-corrected chi connectivity index (χ1v) is 11.2. The van der Waals surface area contributed by atoms with E-state index in [2.05, 4.69) is 48.7 Å². The van der Waals surface area contributed by atoms with Gasteiger partial charge in [-0.3, -0.25) is 0 Å². The van der Waals surface area contributed by atoms with Crippen LogP contribution in [0.5, 0.6) is 0 Å². The van der Waals surface area contributed by atoms with Crippen molar-refractivity contribution < 1.29 is 0 Å². The van der Waals surface area contributed by atoms with Crippen molar-refractivity contribution in [1.82, 2.24) is 9.78 Å². The maximum Gasteiger partial charge on any atom is 0.103 e. The molecule has 29 heavy (non-hydrogen) atoms. The third-order valence-electron chi connectivity index (χ3n) is 5.76. The average Bonchev–Trinajstić information content (AvgIpc) is 3.20. The first-order valence-electron chi connectivity index (χ1n) is 9.99. The molecule has 1 aliphatic carbocycles. The third-order valence-corrected chi connectivity index (χ3v) is 6.62. The summed E-state index contributed by atoms with van der Waals surface area (Å²) in [6.45, 7) is 0. The number of aryl methyl sites for hydroxylation is 1. The summed E-state index contributed by atoms with van der Waals surface area (Å²) in [5.74, 6) is 0. The Morgan fingerprint density at radius 3 is 2.24 bits per heavy atom. The normalized spacial score (nSPS) is 13.2. The number of nitrogens with zero attached hydrogens (tertiary/aromatic N) is 3. The van der Waals surface area contributed by atoms with Gasteiger partial charge < -0.3 is 0 Å². The number of benzene rings is 3. The Morgan fingerprint density at radius 1 is 0.931 bits per heavy atom. The third kappa shape index (κ3) is 2.85. The Bertz CT molecular complexity index is 1230. The second-order valence-electron chi connectivity index (χ2n) is 7.37. The molecule has 0 bridgehead atoms. The molecule has 4 heteroatoms. The standard InChI is InChI=1S/C25H21N3S/c1-29-25-20-15-9-8-14-19(20)22-23(17-10-4-2-5-11-17)27-28(24(22)21(25)16-26)18-12-6-3-7-13-18/h2-7,10-13H,8-9,14-15H2,1H3. The molecular weight excluding hydrogens is 374 g/mol. The van der Waals surface area contributed by atoms with Crippen molar-refractivity contribution in [3.63, 3.8) is 0 Å². The zero-order valence-electron chi connectivity index (χ0n) is 16.4. The van der Waals surface area contributed by atoms with Crippen molar-refractivity contribution in [2.75, 3.05) is 6.26 Å². The highest BCUT2D eigenvalue weighted by atomic mass is 32.2. The SMILES string of the molecule is CSc1c2c(c3c(-c4ccccc4)nn(-c4ccccc4)c3c1C#N)CCCC2. The minimum absolute atomic E-state index is 0.756. The molecule has 1 aliphatic rings. The van der Waals surface area contributed by atoms with Crippen LogP contribution in [0, 0.1) is 11.3 Å². The molecule has 3 nitrogen and oxygen atoms in total. The van der Waals surface area contributed by atoms with E-state index >= 15 is 0 Å². The van der Waals surface area contributed by atoms with Gasteiger partial charge in [-0.25, -0.2) is 4.68 Å². The highest BCUT2D eigenvalue weighted by Gasteiger charge is 2.27. The Balaban J connectivity index is 1.98. The molecule has 0 saturated heterocycles. The number of hydrogen-bond donors (Lipinski definition) is 0. The predicted molar refractivity (Wildman–Crippen MR) is 120 cm³/mol. The molecule has 0 N–H and O–H groups in total. The van der Waals surface area contributed by atoms with Crippen LogP contribution < -0.4 is 0 Å². The Morgan fingerprint density at radius 2 is 1.59 bits per heavy atom. The Kier molecular flexibility index (Phi) is 4.61. The van der Waals surface area contributed by atoms with E-state index in [0.29, 0.717) is 0 Å². The second kappa shape index (κ2) is 7.42. The van der Waals surface area contributed by atoms with E-state index in [4.69, 9.17) is 5.10 Å².